The van der Waals surface area contributed by atoms with Crippen LogP contribution < -0.4 is 10.5 Å². The van der Waals surface area contributed by atoms with Crippen molar-refractivity contribution in [2.24, 2.45) is 11.3 Å². The minimum atomic E-state index is -0.464. The molecule has 224 valence electrons. The number of hydrogen-bond donors (Lipinski definition) is 1. The monoisotopic (exact) mass is 557 g/mol. The van der Waals surface area contributed by atoms with Crippen LogP contribution in [0.15, 0.2) is 6.20 Å². The zero-order valence-electron chi connectivity index (χ0n) is 25.9. The second-order valence-electron chi connectivity index (χ2n) is 13.9. The lowest BCUT2D eigenvalue weighted by atomic mass is 9.74. The summed E-state index contributed by atoms with van der Waals surface area (Å²) in [6.45, 7) is 19.5. The Labute approximate surface area is 240 Å². The van der Waals surface area contributed by atoms with Crippen molar-refractivity contribution in [3.05, 3.63) is 11.9 Å². The largest absolute Gasteiger partial charge is 0.459 e. The molecule has 1 amide bonds. The van der Waals surface area contributed by atoms with Crippen LogP contribution in [0, 0.1) is 11.3 Å². The van der Waals surface area contributed by atoms with E-state index in [0.29, 0.717) is 35.5 Å². The van der Waals surface area contributed by atoms with Gasteiger partial charge in [-0.25, -0.2) is 14.3 Å². The highest BCUT2D eigenvalue weighted by Crippen LogP contribution is 2.39. The highest BCUT2D eigenvalue weighted by Gasteiger charge is 2.41. The SMILES string of the molecule is CCCC(C)Oc1nc(N)c2ncc(CC3CCN(C4CCN(C(=O)OC(C)(C)C)CC4)[C@H](C(C)(C)C)C3)n2n1. The van der Waals surface area contributed by atoms with Crippen LogP contribution in [0.3, 0.4) is 0 Å². The number of nitrogens with zero attached hydrogens (tertiary/aromatic N) is 6. The molecule has 10 heteroatoms. The van der Waals surface area contributed by atoms with Gasteiger partial charge in [-0.05, 0) is 84.1 Å². The molecule has 0 aromatic carbocycles. The number of imidazole rings is 1. The van der Waals surface area contributed by atoms with Crippen LogP contribution in [0.2, 0.25) is 0 Å². The predicted octanol–water partition coefficient (Wildman–Crippen LogP) is 5.34. The molecule has 2 aliphatic heterocycles. The summed E-state index contributed by atoms with van der Waals surface area (Å²) in [4.78, 5) is 26.1. The van der Waals surface area contributed by atoms with E-state index in [0.717, 1.165) is 70.3 Å². The number of anilines is 1. The van der Waals surface area contributed by atoms with E-state index < -0.39 is 5.60 Å². The normalized spacial score (nSPS) is 22.4. The van der Waals surface area contributed by atoms with Crippen molar-refractivity contribution in [3.8, 4) is 6.01 Å². The van der Waals surface area contributed by atoms with Gasteiger partial charge in [-0.15, -0.1) is 5.10 Å². The number of carbonyl (C=O) groups excluding carboxylic acids is 1. The van der Waals surface area contributed by atoms with Gasteiger partial charge in [-0.2, -0.15) is 4.98 Å². The third-order valence-corrected chi connectivity index (χ3v) is 8.28. The fourth-order valence-electron chi connectivity index (χ4n) is 6.29. The first-order valence-electron chi connectivity index (χ1n) is 15.2. The molecule has 2 unspecified atom stereocenters. The summed E-state index contributed by atoms with van der Waals surface area (Å²) in [7, 11) is 0. The zero-order valence-corrected chi connectivity index (χ0v) is 25.9. The van der Waals surface area contributed by atoms with E-state index in [1.165, 1.54) is 0 Å². The molecule has 2 fully saturated rings. The van der Waals surface area contributed by atoms with Gasteiger partial charge in [0, 0.05) is 25.2 Å². The van der Waals surface area contributed by atoms with Gasteiger partial charge in [0.1, 0.15) is 5.60 Å². The minimum Gasteiger partial charge on any atom is -0.459 e. The molecule has 0 spiro atoms. The van der Waals surface area contributed by atoms with Gasteiger partial charge in [0.25, 0.3) is 0 Å². The van der Waals surface area contributed by atoms with E-state index in [-0.39, 0.29) is 17.6 Å². The van der Waals surface area contributed by atoms with Gasteiger partial charge in [-0.3, -0.25) is 4.90 Å². The van der Waals surface area contributed by atoms with Crippen molar-refractivity contribution in [1.29, 1.82) is 0 Å². The van der Waals surface area contributed by atoms with Gasteiger partial charge in [0.2, 0.25) is 0 Å². The Morgan fingerprint density at radius 1 is 1.12 bits per heavy atom. The van der Waals surface area contributed by atoms with Gasteiger partial charge in [-0.1, -0.05) is 34.1 Å². The highest BCUT2D eigenvalue weighted by molar-refractivity contribution is 5.68. The molecule has 10 nitrogen and oxygen atoms in total. The van der Waals surface area contributed by atoms with Crippen molar-refractivity contribution in [2.75, 3.05) is 25.4 Å². The Balaban J connectivity index is 1.43. The summed E-state index contributed by atoms with van der Waals surface area (Å²) >= 11 is 0. The zero-order chi connectivity index (χ0) is 29.2. The lowest BCUT2D eigenvalue weighted by molar-refractivity contribution is -0.0215. The van der Waals surface area contributed by atoms with Gasteiger partial charge >= 0.3 is 12.1 Å². The molecule has 0 radical (unpaired) electrons. The molecule has 0 aliphatic carbocycles. The second kappa shape index (κ2) is 12.1. The Hall–Kier alpha value is -2.62. The first kappa shape index (κ1) is 30.3. The fourth-order valence-corrected chi connectivity index (χ4v) is 6.29. The fraction of sp³-hybridized carbons (Fsp3) is 0.800. The molecular formula is C30H51N7O3. The molecule has 4 rings (SSSR count). The van der Waals surface area contributed by atoms with Gasteiger partial charge < -0.3 is 20.1 Å². The standard InChI is InChI=1S/C30H51N7O3/c1-9-10-20(2)39-27-33-25(31)26-32-19-23(37(26)34-27)17-21-11-16-36(24(18-21)29(3,4)5)22-12-14-35(15-13-22)28(38)40-30(6,7)8/h19-22,24H,9-18H2,1-8H3,(H2,31,33,34)/t20?,21?,24-/m0/s1. The Morgan fingerprint density at radius 2 is 1.82 bits per heavy atom. The van der Waals surface area contributed by atoms with Crippen molar-refractivity contribution < 1.29 is 14.3 Å². The van der Waals surface area contributed by atoms with Crippen molar-refractivity contribution in [1.82, 2.24) is 29.4 Å². The molecule has 0 saturated carbocycles. The number of ether oxygens (including phenoxy) is 2. The summed E-state index contributed by atoms with van der Waals surface area (Å²) in [5, 5.41) is 4.67. The van der Waals surface area contributed by atoms with E-state index >= 15 is 0 Å². The number of aromatic nitrogens is 4. The van der Waals surface area contributed by atoms with E-state index in [1.807, 2.05) is 43.3 Å². The third-order valence-electron chi connectivity index (χ3n) is 8.28. The van der Waals surface area contributed by atoms with Gasteiger partial charge in [0.05, 0.1) is 18.0 Å². The highest BCUT2D eigenvalue weighted by atomic mass is 16.6. The maximum Gasteiger partial charge on any atom is 0.410 e. The van der Waals surface area contributed by atoms with Crippen LogP contribution in [0.5, 0.6) is 6.01 Å². The predicted molar refractivity (Wildman–Crippen MR) is 157 cm³/mol. The number of amides is 1. The maximum absolute atomic E-state index is 12.6. The Kier molecular flexibility index (Phi) is 9.17. The van der Waals surface area contributed by atoms with Crippen LogP contribution >= 0.6 is 0 Å². The molecule has 3 atom stereocenters. The summed E-state index contributed by atoms with van der Waals surface area (Å²) in [5.74, 6) is 0.863. The molecule has 2 saturated heterocycles. The van der Waals surface area contributed by atoms with Crippen molar-refractivity contribution in [3.63, 3.8) is 0 Å². The molecular weight excluding hydrogens is 506 g/mol. The summed E-state index contributed by atoms with van der Waals surface area (Å²) in [6.07, 6.45) is 8.78. The molecule has 2 N–H and O–H groups in total. The molecule has 2 aliphatic rings. The minimum absolute atomic E-state index is 0.0293. The van der Waals surface area contributed by atoms with Crippen LogP contribution in [-0.4, -0.2) is 78.9 Å². The first-order chi connectivity index (χ1) is 18.7. The molecule has 2 aromatic heterocycles. The molecule has 2 aromatic rings. The quantitative estimate of drug-likeness (QED) is 0.485. The number of likely N-dealkylation sites (tertiary alicyclic amines) is 2. The molecule has 4 heterocycles. The number of hydrogen-bond acceptors (Lipinski definition) is 8. The topological polar surface area (TPSA) is 111 Å². The van der Waals surface area contributed by atoms with Crippen molar-refractivity contribution in [2.45, 2.75) is 124 Å². The number of fused-ring (bicyclic) bond motifs is 1. The van der Waals surface area contributed by atoms with Crippen LogP contribution in [0.4, 0.5) is 10.6 Å². The van der Waals surface area contributed by atoms with Crippen LogP contribution in [-0.2, 0) is 11.2 Å². The van der Waals surface area contributed by atoms with E-state index in [1.54, 1.807) is 0 Å². The molecule has 0 bridgehead atoms. The van der Waals surface area contributed by atoms with Crippen LogP contribution in [0.1, 0.15) is 99.6 Å². The second-order valence-corrected chi connectivity index (χ2v) is 13.9. The van der Waals surface area contributed by atoms with E-state index in [2.05, 4.69) is 47.7 Å². The van der Waals surface area contributed by atoms with E-state index in [4.69, 9.17) is 15.2 Å². The number of nitrogen functional groups attached to an aromatic ring is 1. The number of rotatable bonds is 7. The lowest BCUT2D eigenvalue weighted by Crippen LogP contribution is -2.57. The van der Waals surface area contributed by atoms with Crippen LogP contribution in [0.25, 0.3) is 5.65 Å². The number of carbonyl (C=O) groups is 1. The number of piperidine rings is 2. The average Bonchev–Trinajstić information content (AvgIpc) is 3.25. The smallest absolute Gasteiger partial charge is 0.410 e. The van der Waals surface area contributed by atoms with Gasteiger partial charge in [0.15, 0.2) is 11.5 Å². The third kappa shape index (κ3) is 7.36. The Bertz CT molecular complexity index is 1140. The maximum atomic E-state index is 12.6. The van der Waals surface area contributed by atoms with Crippen molar-refractivity contribution >= 4 is 17.6 Å². The van der Waals surface area contributed by atoms with E-state index in [9.17, 15) is 4.79 Å². The summed E-state index contributed by atoms with van der Waals surface area (Å²) < 4.78 is 13.4. The summed E-state index contributed by atoms with van der Waals surface area (Å²) in [5.41, 5.74) is 7.56. The summed E-state index contributed by atoms with van der Waals surface area (Å²) in [6, 6.07) is 1.25. The Morgan fingerprint density at radius 3 is 2.45 bits per heavy atom. The first-order valence-corrected chi connectivity index (χ1v) is 15.2. The molecule has 40 heavy (non-hydrogen) atoms. The average molecular weight is 558 g/mol. The lowest BCUT2D eigenvalue weighted by Gasteiger charge is -2.51. The number of nitrogens with two attached hydrogens (primary N) is 1.